The van der Waals surface area contributed by atoms with Crippen LogP contribution in [0.3, 0.4) is 0 Å². The second kappa shape index (κ2) is 10.3. The van der Waals surface area contributed by atoms with E-state index >= 15 is 0 Å². The molecule has 2 atom stereocenters. The summed E-state index contributed by atoms with van der Waals surface area (Å²) < 4.78 is 11.0. The van der Waals surface area contributed by atoms with Crippen LogP contribution in [-0.4, -0.2) is 48.2 Å². The number of aliphatic carboxylic acids is 1. The van der Waals surface area contributed by atoms with Gasteiger partial charge in [0.2, 0.25) is 11.8 Å². The van der Waals surface area contributed by atoms with Gasteiger partial charge in [0, 0.05) is 13.3 Å². The highest BCUT2D eigenvalue weighted by molar-refractivity contribution is 5.89. The molecule has 0 radical (unpaired) electrons. The molecule has 144 valence electrons. The van der Waals surface area contributed by atoms with Gasteiger partial charge in [0.15, 0.2) is 11.5 Å². The van der Waals surface area contributed by atoms with Crippen molar-refractivity contribution in [2.45, 2.75) is 46.2 Å². The molecular formula is C18H26N2O6. The summed E-state index contributed by atoms with van der Waals surface area (Å²) in [4.78, 5) is 34.6. The van der Waals surface area contributed by atoms with E-state index in [0.717, 1.165) is 0 Å². The van der Waals surface area contributed by atoms with Crippen LogP contribution in [0.4, 0.5) is 0 Å². The number of benzene rings is 1. The monoisotopic (exact) mass is 366 g/mol. The Balaban J connectivity index is 2.90. The fourth-order valence-corrected chi connectivity index (χ4v) is 2.33. The van der Waals surface area contributed by atoms with Crippen molar-refractivity contribution in [3.8, 4) is 11.5 Å². The first-order valence-electron chi connectivity index (χ1n) is 8.47. The SMILES string of the molecule is CCOc1ccc(CC(NC(=O)C(C)NC(C)=O)C(=O)O)cc1OCC. The van der Waals surface area contributed by atoms with E-state index in [2.05, 4.69) is 10.6 Å². The van der Waals surface area contributed by atoms with Crippen LogP contribution < -0.4 is 20.1 Å². The van der Waals surface area contributed by atoms with Crippen LogP contribution >= 0.6 is 0 Å². The lowest BCUT2D eigenvalue weighted by molar-refractivity contribution is -0.142. The highest BCUT2D eigenvalue weighted by atomic mass is 16.5. The molecule has 8 heteroatoms. The average Bonchev–Trinajstić information content (AvgIpc) is 2.56. The first-order chi connectivity index (χ1) is 12.3. The maximum atomic E-state index is 12.1. The van der Waals surface area contributed by atoms with Gasteiger partial charge in [0.25, 0.3) is 0 Å². The van der Waals surface area contributed by atoms with Crippen LogP contribution in [0, 0.1) is 0 Å². The largest absolute Gasteiger partial charge is 0.490 e. The summed E-state index contributed by atoms with van der Waals surface area (Å²) in [5.74, 6) is -1.00. The molecule has 2 amide bonds. The van der Waals surface area contributed by atoms with Gasteiger partial charge in [-0.2, -0.15) is 0 Å². The van der Waals surface area contributed by atoms with Crippen LogP contribution in [0.5, 0.6) is 11.5 Å². The highest BCUT2D eigenvalue weighted by Crippen LogP contribution is 2.29. The van der Waals surface area contributed by atoms with E-state index < -0.39 is 24.0 Å². The summed E-state index contributed by atoms with van der Waals surface area (Å²) >= 11 is 0. The van der Waals surface area contributed by atoms with Gasteiger partial charge in [0.1, 0.15) is 12.1 Å². The number of hydrogen-bond donors (Lipinski definition) is 3. The van der Waals surface area contributed by atoms with Gasteiger partial charge < -0.3 is 25.2 Å². The minimum absolute atomic E-state index is 0.0698. The summed E-state index contributed by atoms with van der Waals surface area (Å²) in [6, 6.07) is 3.19. The summed E-state index contributed by atoms with van der Waals surface area (Å²) in [7, 11) is 0. The number of carbonyl (C=O) groups is 3. The molecule has 8 nitrogen and oxygen atoms in total. The van der Waals surface area contributed by atoms with Crippen molar-refractivity contribution in [1.29, 1.82) is 0 Å². The average molecular weight is 366 g/mol. The molecule has 1 aromatic rings. The minimum Gasteiger partial charge on any atom is -0.490 e. The standard InChI is InChI=1S/C18H26N2O6/c1-5-25-15-8-7-13(10-16(15)26-6-2)9-14(18(23)24)20-17(22)11(3)19-12(4)21/h7-8,10-11,14H,5-6,9H2,1-4H3,(H,19,21)(H,20,22)(H,23,24). The summed E-state index contributed by atoms with van der Waals surface area (Å²) in [6.45, 7) is 7.39. The van der Waals surface area contributed by atoms with Crippen molar-refractivity contribution in [2.75, 3.05) is 13.2 Å². The molecule has 0 spiro atoms. The van der Waals surface area contributed by atoms with Gasteiger partial charge in [-0.1, -0.05) is 6.07 Å². The number of hydrogen-bond acceptors (Lipinski definition) is 5. The van der Waals surface area contributed by atoms with Crippen molar-refractivity contribution in [3.05, 3.63) is 23.8 Å². The second-order valence-electron chi connectivity index (χ2n) is 5.67. The maximum absolute atomic E-state index is 12.1. The fraction of sp³-hybridized carbons (Fsp3) is 0.500. The van der Waals surface area contributed by atoms with E-state index in [4.69, 9.17) is 9.47 Å². The Morgan fingerprint density at radius 1 is 1.08 bits per heavy atom. The zero-order valence-electron chi connectivity index (χ0n) is 15.5. The van der Waals surface area contributed by atoms with Gasteiger partial charge in [-0.3, -0.25) is 9.59 Å². The van der Waals surface area contributed by atoms with E-state index in [9.17, 15) is 19.5 Å². The molecule has 0 aromatic heterocycles. The number of carboxylic acids is 1. The molecule has 0 fully saturated rings. The molecular weight excluding hydrogens is 340 g/mol. The van der Waals surface area contributed by atoms with Crippen molar-refractivity contribution >= 4 is 17.8 Å². The lowest BCUT2D eigenvalue weighted by Crippen LogP contribution is -2.50. The Morgan fingerprint density at radius 3 is 2.23 bits per heavy atom. The molecule has 0 heterocycles. The normalized spacial score (nSPS) is 12.6. The van der Waals surface area contributed by atoms with Gasteiger partial charge in [-0.05, 0) is 38.5 Å². The predicted molar refractivity (Wildman–Crippen MR) is 95.3 cm³/mol. The van der Waals surface area contributed by atoms with Crippen LogP contribution in [-0.2, 0) is 20.8 Å². The number of ether oxygens (including phenoxy) is 2. The Morgan fingerprint density at radius 2 is 1.69 bits per heavy atom. The number of nitrogens with one attached hydrogen (secondary N) is 2. The van der Waals surface area contributed by atoms with E-state index in [0.29, 0.717) is 30.3 Å². The third kappa shape index (κ3) is 6.62. The van der Waals surface area contributed by atoms with Crippen LogP contribution in [0.25, 0.3) is 0 Å². The summed E-state index contributed by atoms with van der Waals surface area (Å²) in [6.07, 6.45) is 0.0698. The van der Waals surface area contributed by atoms with Gasteiger partial charge in [-0.15, -0.1) is 0 Å². The molecule has 0 saturated carbocycles. The summed E-state index contributed by atoms with van der Waals surface area (Å²) in [5, 5.41) is 14.3. The Bertz CT molecular complexity index is 647. The van der Waals surface area contributed by atoms with Crippen molar-refractivity contribution in [1.82, 2.24) is 10.6 Å². The molecule has 0 aliphatic rings. The quantitative estimate of drug-likeness (QED) is 0.572. The molecule has 0 aliphatic carbocycles. The lowest BCUT2D eigenvalue weighted by Gasteiger charge is -2.19. The molecule has 0 bridgehead atoms. The number of carbonyl (C=O) groups excluding carboxylic acids is 2. The Hall–Kier alpha value is -2.77. The van der Waals surface area contributed by atoms with Crippen molar-refractivity contribution in [3.63, 3.8) is 0 Å². The molecule has 0 aliphatic heterocycles. The molecule has 3 N–H and O–H groups in total. The zero-order chi connectivity index (χ0) is 19.7. The fourth-order valence-electron chi connectivity index (χ4n) is 2.33. The number of amides is 2. The summed E-state index contributed by atoms with van der Waals surface area (Å²) in [5.41, 5.74) is 0.678. The van der Waals surface area contributed by atoms with E-state index in [1.165, 1.54) is 13.8 Å². The lowest BCUT2D eigenvalue weighted by atomic mass is 10.0. The second-order valence-corrected chi connectivity index (χ2v) is 5.67. The third-order valence-corrected chi connectivity index (χ3v) is 3.48. The minimum atomic E-state index is -1.17. The van der Waals surface area contributed by atoms with E-state index in [-0.39, 0.29) is 12.3 Å². The Labute approximate surface area is 152 Å². The van der Waals surface area contributed by atoms with Crippen LogP contribution in [0.15, 0.2) is 18.2 Å². The van der Waals surface area contributed by atoms with Crippen LogP contribution in [0.2, 0.25) is 0 Å². The first-order valence-corrected chi connectivity index (χ1v) is 8.47. The zero-order valence-corrected chi connectivity index (χ0v) is 15.5. The molecule has 0 saturated heterocycles. The molecule has 26 heavy (non-hydrogen) atoms. The van der Waals surface area contributed by atoms with Gasteiger partial charge in [-0.25, -0.2) is 4.79 Å². The number of rotatable bonds is 10. The molecule has 1 aromatic carbocycles. The predicted octanol–water partition coefficient (Wildman–Crippen LogP) is 1.12. The van der Waals surface area contributed by atoms with Crippen molar-refractivity contribution in [2.24, 2.45) is 0 Å². The topological polar surface area (TPSA) is 114 Å². The van der Waals surface area contributed by atoms with Gasteiger partial charge >= 0.3 is 5.97 Å². The Kier molecular flexibility index (Phi) is 8.41. The highest BCUT2D eigenvalue weighted by Gasteiger charge is 2.24. The first kappa shape index (κ1) is 21.3. The van der Waals surface area contributed by atoms with E-state index in [1.54, 1.807) is 18.2 Å². The molecule has 2 unspecified atom stereocenters. The van der Waals surface area contributed by atoms with Crippen molar-refractivity contribution < 1.29 is 29.0 Å². The van der Waals surface area contributed by atoms with E-state index in [1.807, 2.05) is 13.8 Å². The third-order valence-electron chi connectivity index (χ3n) is 3.48. The maximum Gasteiger partial charge on any atom is 0.326 e. The van der Waals surface area contributed by atoms with Gasteiger partial charge in [0.05, 0.1) is 13.2 Å². The molecule has 1 rings (SSSR count). The smallest absolute Gasteiger partial charge is 0.326 e. The number of carboxylic acid groups (broad SMARTS) is 1. The van der Waals surface area contributed by atoms with Crippen LogP contribution in [0.1, 0.15) is 33.3 Å².